The molecule has 0 bridgehead atoms. The second kappa shape index (κ2) is 6.25. The highest BCUT2D eigenvalue weighted by atomic mass is 35.5. The summed E-state index contributed by atoms with van der Waals surface area (Å²) in [6.07, 6.45) is 1.75. The molecular formula is C16H19ClN2O. The molecule has 1 aromatic heterocycles. The van der Waals surface area contributed by atoms with E-state index in [4.69, 9.17) is 16.3 Å². The van der Waals surface area contributed by atoms with Crippen LogP contribution >= 0.6 is 11.6 Å². The lowest BCUT2D eigenvalue weighted by molar-refractivity contribution is 0.404. The fraction of sp³-hybridized carbons (Fsp3) is 0.312. The fourth-order valence-corrected chi connectivity index (χ4v) is 2.74. The van der Waals surface area contributed by atoms with Crippen LogP contribution in [-0.2, 0) is 0 Å². The van der Waals surface area contributed by atoms with E-state index in [-0.39, 0.29) is 6.04 Å². The van der Waals surface area contributed by atoms with Crippen LogP contribution in [0.15, 0.2) is 30.5 Å². The van der Waals surface area contributed by atoms with E-state index in [1.165, 1.54) is 5.56 Å². The predicted molar refractivity (Wildman–Crippen MR) is 82.6 cm³/mol. The Labute approximate surface area is 124 Å². The van der Waals surface area contributed by atoms with Gasteiger partial charge in [-0.2, -0.15) is 0 Å². The zero-order chi connectivity index (χ0) is 14.7. The van der Waals surface area contributed by atoms with E-state index in [2.05, 4.69) is 30.2 Å². The first-order valence-corrected chi connectivity index (χ1v) is 6.89. The number of pyridine rings is 1. The van der Waals surface area contributed by atoms with Crippen LogP contribution in [0.25, 0.3) is 0 Å². The van der Waals surface area contributed by atoms with E-state index >= 15 is 0 Å². The molecular weight excluding hydrogens is 272 g/mol. The van der Waals surface area contributed by atoms with Crippen LogP contribution in [-0.4, -0.2) is 19.1 Å². The molecule has 20 heavy (non-hydrogen) atoms. The Kier molecular flexibility index (Phi) is 4.63. The van der Waals surface area contributed by atoms with Crippen LogP contribution in [0.4, 0.5) is 0 Å². The van der Waals surface area contributed by atoms with Crippen molar-refractivity contribution in [1.82, 2.24) is 10.3 Å². The molecule has 4 heteroatoms. The number of methoxy groups -OCH3 is 1. The van der Waals surface area contributed by atoms with Crippen LogP contribution in [0.1, 0.15) is 28.4 Å². The highest BCUT2D eigenvalue weighted by Gasteiger charge is 2.22. The molecule has 1 heterocycles. The molecule has 0 radical (unpaired) electrons. The van der Waals surface area contributed by atoms with Gasteiger partial charge in [-0.3, -0.25) is 4.98 Å². The average Bonchev–Trinajstić information content (AvgIpc) is 2.43. The van der Waals surface area contributed by atoms with Crippen molar-refractivity contribution >= 4 is 11.6 Å². The van der Waals surface area contributed by atoms with Crippen molar-refractivity contribution < 1.29 is 4.74 Å². The van der Waals surface area contributed by atoms with Crippen molar-refractivity contribution in [2.75, 3.05) is 14.2 Å². The van der Waals surface area contributed by atoms with Gasteiger partial charge in [0.2, 0.25) is 0 Å². The lowest BCUT2D eigenvalue weighted by Crippen LogP contribution is -2.21. The Morgan fingerprint density at radius 3 is 2.65 bits per heavy atom. The Morgan fingerprint density at radius 2 is 2.05 bits per heavy atom. The van der Waals surface area contributed by atoms with Crippen LogP contribution in [0.5, 0.6) is 5.75 Å². The first-order chi connectivity index (χ1) is 9.58. The molecule has 2 rings (SSSR count). The number of hydrogen-bond acceptors (Lipinski definition) is 3. The summed E-state index contributed by atoms with van der Waals surface area (Å²) < 4.78 is 5.54. The molecule has 0 aliphatic heterocycles. The summed E-state index contributed by atoms with van der Waals surface area (Å²) in [5.74, 6) is 0.851. The minimum Gasteiger partial charge on any atom is -0.496 e. The minimum absolute atomic E-state index is 0.0979. The Morgan fingerprint density at radius 1 is 1.30 bits per heavy atom. The maximum Gasteiger partial charge on any atom is 0.124 e. The highest BCUT2D eigenvalue weighted by Crippen LogP contribution is 2.35. The first-order valence-electron chi connectivity index (χ1n) is 6.51. The maximum atomic E-state index is 6.28. The number of hydrogen-bond donors (Lipinski definition) is 1. The summed E-state index contributed by atoms with van der Waals surface area (Å²) in [7, 11) is 3.58. The van der Waals surface area contributed by atoms with Gasteiger partial charge in [-0.15, -0.1) is 0 Å². The normalized spacial score (nSPS) is 12.2. The summed E-state index contributed by atoms with van der Waals surface area (Å²) in [6.45, 7) is 4.13. The summed E-state index contributed by atoms with van der Waals surface area (Å²) in [4.78, 5) is 4.41. The zero-order valence-corrected chi connectivity index (χ0v) is 13.0. The molecule has 0 spiro atoms. The van der Waals surface area contributed by atoms with Gasteiger partial charge in [0.05, 0.1) is 23.9 Å². The predicted octanol–water partition coefficient (Wildman–Crippen LogP) is 3.67. The van der Waals surface area contributed by atoms with Crippen LogP contribution in [0.2, 0.25) is 5.02 Å². The summed E-state index contributed by atoms with van der Waals surface area (Å²) in [5, 5.41) is 3.93. The molecule has 1 atom stereocenters. The van der Waals surface area contributed by atoms with Crippen molar-refractivity contribution in [3.8, 4) is 5.75 Å². The highest BCUT2D eigenvalue weighted by molar-refractivity contribution is 6.31. The van der Waals surface area contributed by atoms with Crippen LogP contribution < -0.4 is 10.1 Å². The molecule has 106 valence electrons. The molecule has 1 aromatic carbocycles. The van der Waals surface area contributed by atoms with Crippen molar-refractivity contribution in [2.45, 2.75) is 19.9 Å². The van der Waals surface area contributed by atoms with Gasteiger partial charge in [-0.1, -0.05) is 17.7 Å². The third kappa shape index (κ3) is 2.79. The molecule has 0 amide bonds. The van der Waals surface area contributed by atoms with Crippen molar-refractivity contribution in [2.24, 2.45) is 0 Å². The topological polar surface area (TPSA) is 34.2 Å². The summed E-state index contributed by atoms with van der Waals surface area (Å²) in [6, 6.07) is 7.75. The SMILES string of the molecule is CNC(c1ncccc1Cl)c1c(C)cc(C)cc1OC. The number of nitrogens with zero attached hydrogens (tertiary/aromatic N) is 1. The number of aromatic nitrogens is 1. The fourth-order valence-electron chi connectivity index (χ4n) is 2.51. The number of ether oxygens (including phenoxy) is 1. The molecule has 0 aliphatic rings. The van der Waals surface area contributed by atoms with Gasteiger partial charge >= 0.3 is 0 Å². The van der Waals surface area contributed by atoms with E-state index in [0.29, 0.717) is 5.02 Å². The van der Waals surface area contributed by atoms with E-state index in [1.54, 1.807) is 13.3 Å². The van der Waals surface area contributed by atoms with Gasteiger partial charge in [0.25, 0.3) is 0 Å². The molecule has 1 N–H and O–H groups in total. The number of rotatable bonds is 4. The third-order valence-corrected chi connectivity index (χ3v) is 3.67. The molecule has 0 saturated heterocycles. The van der Waals surface area contributed by atoms with Crippen LogP contribution in [0.3, 0.4) is 0 Å². The van der Waals surface area contributed by atoms with E-state index < -0.39 is 0 Å². The number of aryl methyl sites for hydroxylation is 2. The lowest BCUT2D eigenvalue weighted by atomic mass is 9.95. The smallest absolute Gasteiger partial charge is 0.124 e. The number of nitrogens with one attached hydrogen (secondary N) is 1. The van der Waals surface area contributed by atoms with E-state index in [1.807, 2.05) is 25.2 Å². The summed E-state index contributed by atoms with van der Waals surface area (Å²) in [5.41, 5.74) is 4.20. The van der Waals surface area contributed by atoms with E-state index in [0.717, 1.165) is 22.6 Å². The van der Waals surface area contributed by atoms with Crippen molar-refractivity contribution in [3.63, 3.8) is 0 Å². The Hall–Kier alpha value is -1.58. The lowest BCUT2D eigenvalue weighted by Gasteiger charge is -2.22. The molecule has 1 unspecified atom stereocenters. The van der Waals surface area contributed by atoms with Gasteiger partial charge in [-0.05, 0) is 50.2 Å². The quantitative estimate of drug-likeness (QED) is 0.933. The average molecular weight is 291 g/mol. The molecule has 0 aliphatic carbocycles. The molecule has 3 nitrogen and oxygen atoms in total. The van der Waals surface area contributed by atoms with Crippen molar-refractivity contribution in [1.29, 1.82) is 0 Å². The van der Waals surface area contributed by atoms with Crippen molar-refractivity contribution in [3.05, 3.63) is 57.9 Å². The molecule has 0 fully saturated rings. The minimum atomic E-state index is -0.0979. The van der Waals surface area contributed by atoms with Gasteiger partial charge in [0.1, 0.15) is 5.75 Å². The molecule has 0 saturated carbocycles. The molecule has 2 aromatic rings. The zero-order valence-electron chi connectivity index (χ0n) is 12.2. The largest absolute Gasteiger partial charge is 0.496 e. The van der Waals surface area contributed by atoms with Gasteiger partial charge in [0, 0.05) is 11.8 Å². The van der Waals surface area contributed by atoms with E-state index in [9.17, 15) is 0 Å². The van der Waals surface area contributed by atoms with Gasteiger partial charge in [-0.25, -0.2) is 0 Å². The van der Waals surface area contributed by atoms with Gasteiger partial charge < -0.3 is 10.1 Å². The van der Waals surface area contributed by atoms with Gasteiger partial charge in [0.15, 0.2) is 0 Å². The maximum absolute atomic E-state index is 6.28. The first kappa shape index (κ1) is 14.8. The Balaban J connectivity index is 2.61. The number of benzene rings is 1. The Bertz CT molecular complexity index is 613. The monoisotopic (exact) mass is 290 g/mol. The second-order valence-electron chi connectivity index (χ2n) is 4.79. The second-order valence-corrected chi connectivity index (χ2v) is 5.20. The summed E-state index contributed by atoms with van der Waals surface area (Å²) >= 11 is 6.28. The third-order valence-electron chi connectivity index (χ3n) is 3.35. The number of halogens is 1. The van der Waals surface area contributed by atoms with Crippen LogP contribution in [0, 0.1) is 13.8 Å². The standard InChI is InChI=1S/C16H19ClN2O/c1-10-8-11(2)14(13(9-10)20-4)16(18-3)15-12(17)6-5-7-19-15/h5-9,16,18H,1-4H3.